The summed E-state index contributed by atoms with van der Waals surface area (Å²) in [6.07, 6.45) is 2.65. The SMILES string of the molecule is O=C1c2[nH]cc(CN[C@@H]3CCNC3)c2C(=O)c2c1c(O)c1ccccc1c2O. The van der Waals surface area contributed by atoms with Crippen molar-refractivity contribution < 1.29 is 19.8 Å². The van der Waals surface area contributed by atoms with Crippen LogP contribution in [0.15, 0.2) is 30.5 Å². The Hall–Kier alpha value is -3.16. The highest BCUT2D eigenvalue weighted by molar-refractivity contribution is 6.32. The molecule has 5 rings (SSSR count). The lowest BCUT2D eigenvalue weighted by Crippen LogP contribution is -2.31. The van der Waals surface area contributed by atoms with Crippen LogP contribution in [-0.2, 0) is 6.54 Å². The Morgan fingerprint density at radius 3 is 2.32 bits per heavy atom. The Morgan fingerprint density at radius 2 is 1.68 bits per heavy atom. The molecule has 0 saturated carbocycles. The lowest BCUT2D eigenvalue weighted by atomic mass is 9.83. The highest BCUT2D eigenvalue weighted by atomic mass is 16.3. The summed E-state index contributed by atoms with van der Waals surface area (Å²) < 4.78 is 0. The third-order valence-corrected chi connectivity index (χ3v) is 5.67. The number of hydrogen-bond acceptors (Lipinski definition) is 6. The molecule has 1 aliphatic carbocycles. The summed E-state index contributed by atoms with van der Waals surface area (Å²) in [6, 6.07) is 6.94. The molecule has 142 valence electrons. The number of phenolic OH excluding ortho intramolecular Hbond substituents is 2. The fourth-order valence-electron chi connectivity index (χ4n) is 4.22. The van der Waals surface area contributed by atoms with E-state index in [-0.39, 0.29) is 33.9 Å². The predicted octanol–water partition coefficient (Wildman–Crippen LogP) is 1.81. The first-order valence-corrected chi connectivity index (χ1v) is 9.28. The zero-order valence-electron chi connectivity index (χ0n) is 15.0. The Kier molecular flexibility index (Phi) is 3.75. The molecule has 5 N–H and O–H groups in total. The number of aromatic amines is 1. The van der Waals surface area contributed by atoms with Crippen LogP contribution in [0.5, 0.6) is 11.5 Å². The van der Waals surface area contributed by atoms with Gasteiger partial charge in [0.15, 0.2) is 5.78 Å². The molecule has 7 nitrogen and oxygen atoms in total. The van der Waals surface area contributed by atoms with Crippen LogP contribution >= 0.6 is 0 Å². The molecule has 2 aromatic carbocycles. The van der Waals surface area contributed by atoms with Crippen molar-refractivity contribution in [1.29, 1.82) is 0 Å². The van der Waals surface area contributed by atoms with Crippen LogP contribution < -0.4 is 10.6 Å². The molecule has 0 spiro atoms. The number of aromatic nitrogens is 1. The van der Waals surface area contributed by atoms with Crippen molar-refractivity contribution >= 4 is 22.3 Å². The van der Waals surface area contributed by atoms with Crippen molar-refractivity contribution in [3.05, 3.63) is 58.4 Å². The van der Waals surface area contributed by atoms with Gasteiger partial charge in [0, 0.05) is 36.1 Å². The van der Waals surface area contributed by atoms with Gasteiger partial charge in [-0.2, -0.15) is 0 Å². The van der Waals surface area contributed by atoms with E-state index in [0.717, 1.165) is 19.5 Å². The molecule has 2 aliphatic rings. The van der Waals surface area contributed by atoms with Gasteiger partial charge >= 0.3 is 0 Å². The molecule has 0 bridgehead atoms. The van der Waals surface area contributed by atoms with Crippen LogP contribution in [0, 0.1) is 0 Å². The molecule has 0 radical (unpaired) electrons. The number of carbonyl (C=O) groups excluding carboxylic acids is 2. The third kappa shape index (κ3) is 2.30. The zero-order chi connectivity index (χ0) is 19.4. The van der Waals surface area contributed by atoms with Gasteiger partial charge < -0.3 is 25.8 Å². The molecule has 3 aromatic rings. The van der Waals surface area contributed by atoms with Crippen LogP contribution in [-0.4, -0.2) is 45.9 Å². The predicted molar refractivity (Wildman–Crippen MR) is 103 cm³/mol. The van der Waals surface area contributed by atoms with E-state index < -0.39 is 11.6 Å². The van der Waals surface area contributed by atoms with E-state index in [1.165, 1.54) is 0 Å². The second kappa shape index (κ2) is 6.19. The highest BCUT2D eigenvalue weighted by Crippen LogP contribution is 2.44. The molecule has 28 heavy (non-hydrogen) atoms. The Morgan fingerprint density at radius 1 is 1.00 bits per heavy atom. The minimum Gasteiger partial charge on any atom is -0.506 e. The molecule has 1 fully saturated rings. The minimum atomic E-state index is -0.489. The molecule has 7 heteroatoms. The first-order valence-electron chi connectivity index (χ1n) is 9.28. The number of hydrogen-bond donors (Lipinski definition) is 5. The van der Waals surface area contributed by atoms with Gasteiger partial charge in [-0.15, -0.1) is 0 Å². The minimum absolute atomic E-state index is 0.128. The molecule has 1 aliphatic heterocycles. The smallest absolute Gasteiger partial charge is 0.214 e. The Labute approximate surface area is 160 Å². The number of fused-ring (bicyclic) bond motifs is 3. The number of carbonyl (C=O) groups is 2. The number of nitrogens with one attached hydrogen (secondary N) is 3. The van der Waals surface area contributed by atoms with E-state index in [9.17, 15) is 19.8 Å². The number of benzene rings is 2. The summed E-state index contributed by atoms with van der Waals surface area (Å²) >= 11 is 0. The number of phenols is 2. The summed E-state index contributed by atoms with van der Waals surface area (Å²) in [6.45, 7) is 2.25. The van der Waals surface area contributed by atoms with Crippen LogP contribution in [0.3, 0.4) is 0 Å². The maximum absolute atomic E-state index is 13.3. The van der Waals surface area contributed by atoms with Crippen molar-refractivity contribution in [1.82, 2.24) is 15.6 Å². The molecule has 1 aromatic heterocycles. The molecule has 2 heterocycles. The average molecular weight is 377 g/mol. The van der Waals surface area contributed by atoms with E-state index in [1.807, 2.05) is 0 Å². The Balaban J connectivity index is 1.63. The van der Waals surface area contributed by atoms with Gasteiger partial charge in [-0.25, -0.2) is 0 Å². The topological polar surface area (TPSA) is 114 Å². The van der Waals surface area contributed by atoms with Crippen molar-refractivity contribution in [2.45, 2.75) is 19.0 Å². The highest BCUT2D eigenvalue weighted by Gasteiger charge is 2.38. The van der Waals surface area contributed by atoms with Gasteiger partial charge in [-0.05, 0) is 18.5 Å². The number of rotatable bonds is 3. The maximum Gasteiger partial charge on any atom is 0.214 e. The van der Waals surface area contributed by atoms with Gasteiger partial charge in [-0.1, -0.05) is 24.3 Å². The third-order valence-electron chi connectivity index (χ3n) is 5.67. The van der Waals surface area contributed by atoms with E-state index in [4.69, 9.17) is 0 Å². The monoisotopic (exact) mass is 377 g/mol. The summed E-state index contributed by atoms with van der Waals surface area (Å²) in [5.74, 6) is -1.49. The van der Waals surface area contributed by atoms with Crippen LogP contribution in [0.1, 0.15) is 44.0 Å². The lowest BCUT2D eigenvalue weighted by Gasteiger charge is -2.20. The fourth-order valence-corrected chi connectivity index (χ4v) is 4.22. The van der Waals surface area contributed by atoms with Crippen LogP contribution in [0.2, 0.25) is 0 Å². The average Bonchev–Trinajstić information content (AvgIpc) is 3.37. The first kappa shape index (κ1) is 17.0. The standard InChI is InChI=1S/C21H19N3O4/c25-18-12-3-1-2-4-13(12)19(26)16-15(18)20(27)14-10(8-24-17(14)21(16)28)7-23-11-5-6-22-9-11/h1-4,8,11,22-26H,5-7,9H2/t11-/m1/s1. The lowest BCUT2D eigenvalue weighted by molar-refractivity contribution is 0.0972. The summed E-state index contributed by atoms with van der Waals surface area (Å²) in [5.41, 5.74) is 0.829. The summed E-state index contributed by atoms with van der Waals surface area (Å²) in [7, 11) is 0. The number of ketones is 2. The molecule has 0 unspecified atom stereocenters. The normalized spacial score (nSPS) is 18.5. The van der Waals surface area contributed by atoms with Gasteiger partial charge in [0.05, 0.1) is 22.4 Å². The fraction of sp³-hybridized carbons (Fsp3) is 0.238. The molecular formula is C21H19N3O4. The molecule has 1 saturated heterocycles. The van der Waals surface area contributed by atoms with E-state index in [2.05, 4.69) is 15.6 Å². The number of aromatic hydroxyl groups is 2. The van der Waals surface area contributed by atoms with Gasteiger partial charge in [0.1, 0.15) is 11.5 Å². The van der Waals surface area contributed by atoms with Crippen LogP contribution in [0.25, 0.3) is 10.8 Å². The van der Waals surface area contributed by atoms with Gasteiger partial charge in [-0.3, -0.25) is 9.59 Å². The van der Waals surface area contributed by atoms with Crippen molar-refractivity contribution in [2.24, 2.45) is 0 Å². The molecule has 1 atom stereocenters. The number of H-pyrrole nitrogens is 1. The summed E-state index contributed by atoms with van der Waals surface area (Å²) in [5, 5.41) is 28.8. The second-order valence-corrected chi connectivity index (χ2v) is 7.29. The summed E-state index contributed by atoms with van der Waals surface area (Å²) in [4.78, 5) is 29.2. The largest absolute Gasteiger partial charge is 0.506 e. The van der Waals surface area contributed by atoms with Crippen LogP contribution in [0.4, 0.5) is 0 Å². The van der Waals surface area contributed by atoms with E-state index >= 15 is 0 Å². The molecule has 0 amide bonds. The van der Waals surface area contributed by atoms with Gasteiger partial charge in [0.2, 0.25) is 5.78 Å². The van der Waals surface area contributed by atoms with Crippen molar-refractivity contribution in [3.8, 4) is 11.5 Å². The van der Waals surface area contributed by atoms with Gasteiger partial charge in [0.25, 0.3) is 0 Å². The van der Waals surface area contributed by atoms with E-state index in [0.29, 0.717) is 28.9 Å². The second-order valence-electron chi connectivity index (χ2n) is 7.29. The quantitative estimate of drug-likeness (QED) is 0.348. The van der Waals surface area contributed by atoms with E-state index in [1.54, 1.807) is 30.5 Å². The first-order chi connectivity index (χ1) is 13.6. The molecular weight excluding hydrogens is 358 g/mol. The maximum atomic E-state index is 13.3. The van der Waals surface area contributed by atoms with Crippen molar-refractivity contribution in [2.75, 3.05) is 13.1 Å². The van der Waals surface area contributed by atoms with Crippen molar-refractivity contribution in [3.63, 3.8) is 0 Å². The zero-order valence-corrected chi connectivity index (χ0v) is 15.0. The Bertz CT molecular complexity index is 1140.